The second-order valence-corrected chi connectivity index (χ2v) is 7.10. The first kappa shape index (κ1) is 17.8. The van der Waals surface area contributed by atoms with Crippen molar-refractivity contribution in [3.63, 3.8) is 0 Å². The Morgan fingerprint density at radius 2 is 1.83 bits per heavy atom. The van der Waals surface area contributed by atoms with Gasteiger partial charge in [-0.25, -0.2) is 4.68 Å². The van der Waals surface area contributed by atoms with E-state index in [1.165, 1.54) is 16.4 Å². The van der Waals surface area contributed by atoms with Crippen LogP contribution in [0.3, 0.4) is 0 Å². The van der Waals surface area contributed by atoms with Crippen molar-refractivity contribution >= 4 is 23.2 Å². The Morgan fingerprint density at radius 1 is 1.17 bits per heavy atom. The molecule has 0 saturated heterocycles. The molecule has 0 fully saturated rings. The molecular formula is C17H20Cl2N2O2. The maximum Gasteiger partial charge on any atom is 0.287 e. The average molecular weight is 355 g/mol. The van der Waals surface area contributed by atoms with E-state index in [2.05, 4.69) is 38.0 Å². The topological polar surface area (TPSA) is 44.1 Å². The number of hydrogen-bond acceptors (Lipinski definition) is 3. The highest BCUT2D eigenvalue weighted by molar-refractivity contribution is 6.41. The quantitative estimate of drug-likeness (QED) is 0.751. The van der Waals surface area contributed by atoms with E-state index in [1.54, 1.807) is 0 Å². The fourth-order valence-corrected chi connectivity index (χ4v) is 2.33. The summed E-state index contributed by atoms with van der Waals surface area (Å²) in [6, 6.07) is 8.06. The Bertz CT molecular complexity index is 719. The zero-order valence-electron chi connectivity index (χ0n) is 13.5. The number of ether oxygens (including phenoxy) is 1. The molecule has 2 aromatic rings. The zero-order valence-corrected chi connectivity index (χ0v) is 15.0. The van der Waals surface area contributed by atoms with Gasteiger partial charge in [0.1, 0.15) is 10.8 Å². The van der Waals surface area contributed by atoms with Crippen molar-refractivity contribution in [2.75, 3.05) is 6.61 Å². The molecule has 0 aliphatic carbocycles. The Morgan fingerprint density at radius 3 is 2.43 bits per heavy atom. The van der Waals surface area contributed by atoms with Crippen molar-refractivity contribution in [1.29, 1.82) is 0 Å². The largest absolute Gasteiger partial charge is 0.494 e. The minimum absolute atomic E-state index is 0.000328. The Hall–Kier alpha value is -1.52. The van der Waals surface area contributed by atoms with Gasteiger partial charge in [0.15, 0.2) is 0 Å². The lowest BCUT2D eigenvalue weighted by Crippen LogP contribution is -2.24. The van der Waals surface area contributed by atoms with Gasteiger partial charge in [-0.2, -0.15) is 5.10 Å². The standard InChI is InChI=1S/C17H20Cl2N2O2/c1-17(2,3)12-5-7-13(8-6-12)23-10-4-9-21-16(22)15(19)14(18)11-20-21/h5-8,11H,4,9-10H2,1-3H3. The zero-order chi connectivity index (χ0) is 17.0. The van der Waals surface area contributed by atoms with E-state index < -0.39 is 0 Å². The van der Waals surface area contributed by atoms with E-state index in [1.807, 2.05) is 12.1 Å². The second kappa shape index (κ2) is 7.37. The number of halogens is 2. The Balaban J connectivity index is 1.86. The second-order valence-electron chi connectivity index (χ2n) is 6.31. The van der Waals surface area contributed by atoms with Crippen LogP contribution in [0.2, 0.25) is 10.0 Å². The van der Waals surface area contributed by atoms with Crippen LogP contribution in [0.4, 0.5) is 0 Å². The van der Waals surface area contributed by atoms with Gasteiger partial charge in [-0.05, 0) is 23.1 Å². The summed E-state index contributed by atoms with van der Waals surface area (Å²) in [5.41, 5.74) is 1.00. The summed E-state index contributed by atoms with van der Waals surface area (Å²) in [5, 5.41) is 4.12. The molecule has 2 rings (SSSR count). The Kier molecular flexibility index (Phi) is 5.71. The maximum atomic E-state index is 11.8. The van der Waals surface area contributed by atoms with Crippen molar-refractivity contribution in [1.82, 2.24) is 9.78 Å². The summed E-state index contributed by atoms with van der Waals surface area (Å²) in [5.74, 6) is 0.812. The molecule has 0 aliphatic rings. The van der Waals surface area contributed by atoms with Crippen LogP contribution in [-0.4, -0.2) is 16.4 Å². The fourth-order valence-electron chi connectivity index (χ4n) is 2.06. The lowest BCUT2D eigenvalue weighted by atomic mass is 9.87. The van der Waals surface area contributed by atoms with Gasteiger partial charge >= 0.3 is 0 Å². The summed E-state index contributed by atoms with van der Waals surface area (Å²) >= 11 is 11.5. The molecule has 1 aromatic carbocycles. The first-order valence-electron chi connectivity index (χ1n) is 7.43. The number of benzene rings is 1. The van der Waals surface area contributed by atoms with Crippen molar-refractivity contribution in [3.8, 4) is 5.75 Å². The number of aromatic nitrogens is 2. The lowest BCUT2D eigenvalue weighted by molar-refractivity contribution is 0.297. The summed E-state index contributed by atoms with van der Waals surface area (Å²) in [6.45, 7) is 7.43. The van der Waals surface area contributed by atoms with Crippen molar-refractivity contribution in [2.24, 2.45) is 0 Å². The molecule has 0 radical (unpaired) electrons. The molecule has 1 heterocycles. The smallest absolute Gasteiger partial charge is 0.287 e. The highest BCUT2D eigenvalue weighted by atomic mass is 35.5. The third-order valence-electron chi connectivity index (χ3n) is 3.45. The van der Waals surface area contributed by atoms with E-state index >= 15 is 0 Å². The van der Waals surface area contributed by atoms with Crippen molar-refractivity contribution in [3.05, 3.63) is 56.4 Å². The van der Waals surface area contributed by atoms with Crippen molar-refractivity contribution < 1.29 is 4.74 Å². The van der Waals surface area contributed by atoms with Gasteiger partial charge in [-0.3, -0.25) is 4.79 Å². The molecule has 0 unspecified atom stereocenters. The highest BCUT2D eigenvalue weighted by Crippen LogP contribution is 2.24. The molecule has 0 N–H and O–H groups in total. The Labute approximate surface area is 146 Å². The molecule has 23 heavy (non-hydrogen) atoms. The van der Waals surface area contributed by atoms with E-state index in [0.29, 0.717) is 19.6 Å². The fraction of sp³-hybridized carbons (Fsp3) is 0.412. The van der Waals surface area contributed by atoms with Crippen LogP contribution in [0.1, 0.15) is 32.8 Å². The van der Waals surface area contributed by atoms with Crippen LogP contribution >= 0.6 is 23.2 Å². The van der Waals surface area contributed by atoms with Crippen LogP contribution in [0.25, 0.3) is 0 Å². The van der Waals surface area contributed by atoms with Crippen molar-refractivity contribution in [2.45, 2.75) is 39.2 Å². The van der Waals surface area contributed by atoms with Gasteiger partial charge in [0.25, 0.3) is 5.56 Å². The predicted octanol–water partition coefficient (Wildman–Crippen LogP) is 4.32. The molecule has 0 amide bonds. The molecule has 0 bridgehead atoms. The lowest BCUT2D eigenvalue weighted by Gasteiger charge is -2.19. The molecular weight excluding hydrogens is 335 g/mol. The summed E-state index contributed by atoms with van der Waals surface area (Å²) in [6.07, 6.45) is 2.02. The number of aryl methyl sites for hydroxylation is 1. The van der Waals surface area contributed by atoms with Gasteiger partial charge < -0.3 is 4.74 Å². The molecule has 4 nitrogen and oxygen atoms in total. The molecule has 0 aliphatic heterocycles. The van der Waals surface area contributed by atoms with Crippen LogP contribution < -0.4 is 10.3 Å². The van der Waals surface area contributed by atoms with Crippen LogP contribution in [-0.2, 0) is 12.0 Å². The summed E-state index contributed by atoms with van der Waals surface area (Å²) < 4.78 is 6.98. The van der Waals surface area contributed by atoms with Crippen LogP contribution in [0.15, 0.2) is 35.3 Å². The highest BCUT2D eigenvalue weighted by Gasteiger charge is 2.13. The number of nitrogens with zero attached hydrogens (tertiary/aromatic N) is 2. The first-order chi connectivity index (χ1) is 10.8. The predicted molar refractivity (Wildman–Crippen MR) is 93.8 cm³/mol. The van der Waals surface area contributed by atoms with Gasteiger partial charge in [-0.1, -0.05) is 56.1 Å². The van der Waals surface area contributed by atoms with E-state index in [9.17, 15) is 4.79 Å². The van der Waals surface area contributed by atoms with E-state index in [-0.39, 0.29) is 21.0 Å². The third kappa shape index (κ3) is 4.72. The van der Waals surface area contributed by atoms with Gasteiger partial charge in [-0.15, -0.1) is 0 Å². The summed E-state index contributed by atoms with van der Waals surface area (Å²) in [7, 11) is 0. The molecule has 0 saturated carbocycles. The molecule has 1 aromatic heterocycles. The van der Waals surface area contributed by atoms with Gasteiger partial charge in [0, 0.05) is 13.0 Å². The van der Waals surface area contributed by atoms with E-state index in [0.717, 1.165) is 5.75 Å². The van der Waals surface area contributed by atoms with Gasteiger partial charge in [0.05, 0.1) is 17.8 Å². The normalized spacial score (nSPS) is 11.5. The molecule has 124 valence electrons. The molecule has 0 spiro atoms. The first-order valence-corrected chi connectivity index (χ1v) is 8.19. The minimum Gasteiger partial charge on any atom is -0.494 e. The molecule has 6 heteroatoms. The summed E-state index contributed by atoms with van der Waals surface area (Å²) in [4.78, 5) is 11.8. The third-order valence-corrected chi connectivity index (χ3v) is 4.19. The monoisotopic (exact) mass is 354 g/mol. The minimum atomic E-state index is -0.381. The number of rotatable bonds is 5. The number of hydrogen-bond donors (Lipinski definition) is 0. The maximum absolute atomic E-state index is 11.8. The van der Waals surface area contributed by atoms with Crippen LogP contribution in [0, 0.1) is 0 Å². The molecule has 0 atom stereocenters. The average Bonchev–Trinajstić information content (AvgIpc) is 2.51. The van der Waals surface area contributed by atoms with Gasteiger partial charge in [0.2, 0.25) is 0 Å². The van der Waals surface area contributed by atoms with Crippen LogP contribution in [0.5, 0.6) is 5.75 Å². The SMILES string of the molecule is CC(C)(C)c1ccc(OCCCn2ncc(Cl)c(Cl)c2=O)cc1. The van der Waals surface area contributed by atoms with E-state index in [4.69, 9.17) is 27.9 Å².